The van der Waals surface area contributed by atoms with Crippen LogP contribution in [0.15, 0.2) is 23.2 Å². The fourth-order valence-electron chi connectivity index (χ4n) is 2.89. The van der Waals surface area contributed by atoms with Gasteiger partial charge in [0.05, 0.1) is 6.54 Å². The normalized spacial score (nSPS) is 19.3. The van der Waals surface area contributed by atoms with E-state index in [1.54, 1.807) is 0 Å². The van der Waals surface area contributed by atoms with Crippen molar-refractivity contribution in [3.05, 3.63) is 23.8 Å². The standard InChI is InChI=1S/C16H23N3O2/c17-16(19-13-5-3-1-2-4-6-13)18-10-12-7-8-14-15(9-12)21-11-20-14/h7-9,13H,1-6,10-11H2,(H3,17,18,19). The fourth-order valence-corrected chi connectivity index (χ4v) is 2.89. The van der Waals surface area contributed by atoms with Gasteiger partial charge in [0.15, 0.2) is 17.5 Å². The molecule has 0 unspecified atom stereocenters. The van der Waals surface area contributed by atoms with Crippen LogP contribution in [0.25, 0.3) is 0 Å². The number of guanidine groups is 1. The molecule has 2 aliphatic rings. The van der Waals surface area contributed by atoms with Crippen LogP contribution in [0.3, 0.4) is 0 Å². The number of aliphatic imine (C=N–C) groups is 1. The number of fused-ring (bicyclic) bond motifs is 1. The van der Waals surface area contributed by atoms with Gasteiger partial charge in [-0.3, -0.25) is 0 Å². The van der Waals surface area contributed by atoms with E-state index < -0.39 is 0 Å². The van der Waals surface area contributed by atoms with E-state index in [-0.39, 0.29) is 0 Å². The van der Waals surface area contributed by atoms with E-state index in [2.05, 4.69) is 10.3 Å². The van der Waals surface area contributed by atoms with E-state index >= 15 is 0 Å². The number of benzene rings is 1. The van der Waals surface area contributed by atoms with Crippen LogP contribution in [0.5, 0.6) is 11.5 Å². The lowest BCUT2D eigenvalue weighted by atomic mass is 10.1. The molecule has 0 saturated heterocycles. The van der Waals surface area contributed by atoms with Crippen molar-refractivity contribution in [2.24, 2.45) is 10.7 Å². The van der Waals surface area contributed by atoms with E-state index in [1.807, 2.05) is 18.2 Å². The maximum atomic E-state index is 6.00. The number of nitrogens with two attached hydrogens (primary N) is 1. The van der Waals surface area contributed by atoms with Crippen LogP contribution in [-0.4, -0.2) is 18.8 Å². The maximum absolute atomic E-state index is 6.00. The molecule has 1 aliphatic heterocycles. The number of hydrogen-bond donors (Lipinski definition) is 2. The smallest absolute Gasteiger partial charge is 0.231 e. The first-order valence-corrected chi connectivity index (χ1v) is 7.76. The molecule has 5 heteroatoms. The predicted octanol–water partition coefficient (Wildman–Crippen LogP) is 2.54. The van der Waals surface area contributed by atoms with Crippen molar-refractivity contribution in [2.45, 2.75) is 51.1 Å². The average Bonchev–Trinajstić information content (AvgIpc) is 2.81. The molecule has 5 nitrogen and oxygen atoms in total. The van der Waals surface area contributed by atoms with E-state index in [4.69, 9.17) is 15.2 Å². The molecule has 3 N–H and O–H groups in total. The summed E-state index contributed by atoms with van der Waals surface area (Å²) < 4.78 is 10.7. The quantitative estimate of drug-likeness (QED) is 0.510. The summed E-state index contributed by atoms with van der Waals surface area (Å²) in [5.74, 6) is 2.13. The van der Waals surface area contributed by atoms with E-state index in [0.717, 1.165) is 17.1 Å². The topological polar surface area (TPSA) is 68.9 Å². The lowest BCUT2D eigenvalue weighted by molar-refractivity contribution is 0.174. The molecule has 1 saturated carbocycles. The van der Waals surface area contributed by atoms with E-state index in [0.29, 0.717) is 25.3 Å². The Morgan fingerprint density at radius 1 is 1.14 bits per heavy atom. The van der Waals surface area contributed by atoms with Gasteiger partial charge in [0.2, 0.25) is 6.79 Å². The minimum Gasteiger partial charge on any atom is -0.454 e. The van der Waals surface area contributed by atoms with Crippen molar-refractivity contribution in [2.75, 3.05) is 6.79 Å². The SMILES string of the molecule is NC(=NCc1ccc2c(c1)OCO2)NC1CCCCCC1. The summed E-state index contributed by atoms with van der Waals surface area (Å²) in [5, 5.41) is 3.35. The minimum absolute atomic E-state index is 0.299. The van der Waals surface area contributed by atoms with Gasteiger partial charge in [-0.15, -0.1) is 0 Å². The molecule has 3 rings (SSSR count). The molecule has 0 aromatic heterocycles. The molecule has 1 fully saturated rings. The number of nitrogens with one attached hydrogen (secondary N) is 1. The van der Waals surface area contributed by atoms with Crippen LogP contribution in [0, 0.1) is 0 Å². The average molecular weight is 289 g/mol. The Hall–Kier alpha value is -1.91. The summed E-state index contributed by atoms with van der Waals surface area (Å²) in [6.45, 7) is 0.857. The summed E-state index contributed by atoms with van der Waals surface area (Å²) in [6, 6.07) is 6.36. The van der Waals surface area contributed by atoms with Gasteiger partial charge >= 0.3 is 0 Å². The van der Waals surface area contributed by atoms with Gasteiger partial charge in [-0.1, -0.05) is 31.7 Å². The number of hydrogen-bond acceptors (Lipinski definition) is 3. The molecule has 21 heavy (non-hydrogen) atoms. The van der Waals surface area contributed by atoms with Gasteiger partial charge in [0.25, 0.3) is 0 Å². The molecule has 1 heterocycles. The minimum atomic E-state index is 0.299. The monoisotopic (exact) mass is 289 g/mol. The third-order valence-electron chi connectivity index (χ3n) is 4.08. The molecule has 0 atom stereocenters. The number of rotatable bonds is 3. The first kappa shape index (κ1) is 14.0. The summed E-state index contributed by atoms with van der Waals surface area (Å²) >= 11 is 0. The second-order valence-corrected chi connectivity index (χ2v) is 5.72. The van der Waals surface area contributed by atoms with Gasteiger partial charge in [-0.05, 0) is 30.5 Å². The van der Waals surface area contributed by atoms with Gasteiger partial charge in [0, 0.05) is 6.04 Å². The van der Waals surface area contributed by atoms with E-state index in [9.17, 15) is 0 Å². The highest BCUT2D eigenvalue weighted by molar-refractivity contribution is 5.78. The Morgan fingerprint density at radius 2 is 1.90 bits per heavy atom. The Kier molecular flexibility index (Phi) is 4.48. The van der Waals surface area contributed by atoms with Crippen molar-refractivity contribution >= 4 is 5.96 Å². The highest BCUT2D eigenvalue weighted by Crippen LogP contribution is 2.32. The predicted molar refractivity (Wildman–Crippen MR) is 82.5 cm³/mol. The Bertz CT molecular complexity index is 508. The molecule has 0 bridgehead atoms. The van der Waals surface area contributed by atoms with Crippen LogP contribution in [-0.2, 0) is 6.54 Å². The second-order valence-electron chi connectivity index (χ2n) is 5.72. The van der Waals surface area contributed by atoms with Gasteiger partial charge in [0.1, 0.15) is 0 Å². The van der Waals surface area contributed by atoms with Crippen LogP contribution < -0.4 is 20.5 Å². The molecule has 114 valence electrons. The first-order valence-electron chi connectivity index (χ1n) is 7.76. The maximum Gasteiger partial charge on any atom is 0.231 e. The third-order valence-corrected chi connectivity index (χ3v) is 4.08. The van der Waals surface area contributed by atoms with Gasteiger partial charge in [-0.25, -0.2) is 4.99 Å². The zero-order chi connectivity index (χ0) is 14.5. The van der Waals surface area contributed by atoms with Gasteiger partial charge in [-0.2, -0.15) is 0 Å². The van der Waals surface area contributed by atoms with Crippen LogP contribution in [0.4, 0.5) is 0 Å². The van der Waals surface area contributed by atoms with Crippen molar-refractivity contribution in [3.63, 3.8) is 0 Å². The molecular formula is C16H23N3O2. The highest BCUT2D eigenvalue weighted by Gasteiger charge is 2.14. The van der Waals surface area contributed by atoms with Crippen LogP contribution in [0.2, 0.25) is 0 Å². The molecule has 1 aromatic carbocycles. The third kappa shape index (κ3) is 3.80. The van der Waals surface area contributed by atoms with Crippen molar-refractivity contribution in [1.29, 1.82) is 0 Å². The summed E-state index contributed by atoms with van der Waals surface area (Å²) in [4.78, 5) is 4.43. The first-order chi connectivity index (χ1) is 10.3. The van der Waals surface area contributed by atoms with Crippen molar-refractivity contribution in [3.8, 4) is 11.5 Å². The zero-order valence-electron chi connectivity index (χ0n) is 12.3. The Balaban J connectivity index is 1.54. The lowest BCUT2D eigenvalue weighted by Gasteiger charge is -2.16. The largest absolute Gasteiger partial charge is 0.454 e. The van der Waals surface area contributed by atoms with Crippen molar-refractivity contribution < 1.29 is 9.47 Å². The molecular weight excluding hydrogens is 266 g/mol. The molecule has 0 amide bonds. The summed E-state index contributed by atoms with van der Waals surface area (Å²) in [7, 11) is 0. The summed E-state index contributed by atoms with van der Waals surface area (Å²) in [6.07, 6.45) is 7.64. The lowest BCUT2D eigenvalue weighted by Crippen LogP contribution is -2.39. The molecule has 0 radical (unpaired) electrons. The molecule has 1 aromatic rings. The highest BCUT2D eigenvalue weighted by atomic mass is 16.7. The summed E-state index contributed by atoms with van der Waals surface area (Å²) in [5.41, 5.74) is 7.07. The zero-order valence-corrected chi connectivity index (χ0v) is 12.3. The number of ether oxygens (including phenoxy) is 2. The van der Waals surface area contributed by atoms with E-state index in [1.165, 1.54) is 38.5 Å². The Labute approximate surface area is 125 Å². The molecule has 0 spiro atoms. The fraction of sp³-hybridized carbons (Fsp3) is 0.562. The number of nitrogens with zero attached hydrogens (tertiary/aromatic N) is 1. The Morgan fingerprint density at radius 3 is 2.71 bits per heavy atom. The molecule has 1 aliphatic carbocycles. The van der Waals surface area contributed by atoms with Crippen LogP contribution in [0.1, 0.15) is 44.1 Å². The second kappa shape index (κ2) is 6.70. The van der Waals surface area contributed by atoms with Gasteiger partial charge < -0.3 is 20.5 Å². The van der Waals surface area contributed by atoms with Crippen molar-refractivity contribution in [1.82, 2.24) is 5.32 Å². The van der Waals surface area contributed by atoms with Crippen LogP contribution >= 0.6 is 0 Å².